The second kappa shape index (κ2) is 10.6. The Balaban J connectivity index is 1.70. The van der Waals surface area contributed by atoms with Gasteiger partial charge in [-0.05, 0) is 44.5 Å². The number of guanidine groups is 1. The Morgan fingerprint density at radius 1 is 1.09 bits per heavy atom. The molecule has 34 heavy (non-hydrogen) atoms. The maximum atomic E-state index is 13.2. The molecule has 7 nitrogen and oxygen atoms in total. The molecule has 174 valence electrons. The van der Waals surface area contributed by atoms with Gasteiger partial charge in [-0.3, -0.25) is 10.1 Å². The summed E-state index contributed by atoms with van der Waals surface area (Å²) in [7, 11) is 0. The van der Waals surface area contributed by atoms with Crippen LogP contribution in [0.15, 0.2) is 59.6 Å². The van der Waals surface area contributed by atoms with Crippen LogP contribution < -0.4 is 15.4 Å². The minimum atomic E-state index is -0.381. The van der Waals surface area contributed by atoms with E-state index in [9.17, 15) is 4.79 Å². The van der Waals surface area contributed by atoms with E-state index in [0.29, 0.717) is 27.9 Å². The maximum absolute atomic E-state index is 13.2. The average Bonchev–Trinajstić information content (AvgIpc) is 3.14. The molecule has 0 aliphatic carbocycles. The van der Waals surface area contributed by atoms with Crippen molar-refractivity contribution in [2.24, 2.45) is 4.99 Å². The number of nitrogens with zero attached hydrogens (tertiary/aromatic N) is 3. The highest BCUT2D eigenvalue weighted by Gasteiger charge is 2.19. The zero-order chi connectivity index (χ0) is 24.1. The number of hydrogen-bond acceptors (Lipinski definition) is 6. The Hall–Kier alpha value is -3.49. The fourth-order valence-corrected chi connectivity index (χ4v) is 4.72. The van der Waals surface area contributed by atoms with Crippen LogP contribution in [-0.2, 0) is 0 Å². The smallest absolute Gasteiger partial charge is 0.269 e. The van der Waals surface area contributed by atoms with Crippen molar-refractivity contribution in [3.05, 3.63) is 75.9 Å². The van der Waals surface area contributed by atoms with Crippen molar-refractivity contribution in [3.63, 3.8) is 0 Å². The predicted molar refractivity (Wildman–Crippen MR) is 139 cm³/mol. The zero-order valence-corrected chi connectivity index (χ0v) is 20.6. The molecule has 2 aromatic heterocycles. The number of halogens is 1. The third-order valence-electron chi connectivity index (χ3n) is 4.76. The Bertz CT molecular complexity index is 1350. The number of anilines is 1. The van der Waals surface area contributed by atoms with Gasteiger partial charge in [0.2, 0.25) is 5.96 Å². The van der Waals surface area contributed by atoms with Gasteiger partial charge in [0.1, 0.15) is 10.6 Å². The molecule has 4 aromatic rings. The largest absolute Gasteiger partial charge is 0.491 e. The summed E-state index contributed by atoms with van der Waals surface area (Å²) >= 11 is 7.85. The number of fused-ring (bicyclic) bond motifs is 1. The monoisotopic (exact) mass is 493 g/mol. The molecular weight excluding hydrogens is 470 g/mol. The van der Waals surface area contributed by atoms with Crippen molar-refractivity contribution in [2.45, 2.75) is 27.2 Å². The molecule has 0 saturated carbocycles. The molecule has 9 heteroatoms. The van der Waals surface area contributed by atoms with Gasteiger partial charge in [-0.15, -0.1) is 11.3 Å². The summed E-state index contributed by atoms with van der Waals surface area (Å²) in [6, 6.07) is 16.9. The van der Waals surface area contributed by atoms with Gasteiger partial charge in [-0.1, -0.05) is 48.9 Å². The molecule has 0 atom stereocenters. The SMILES string of the molecule is CCCOc1ccccc1N/C(=N\c1nc(C)cc(C)n1)NC(=O)c1sc2ccccc2c1Cl. The van der Waals surface area contributed by atoms with Crippen molar-refractivity contribution in [1.82, 2.24) is 15.3 Å². The van der Waals surface area contributed by atoms with E-state index in [1.165, 1.54) is 11.3 Å². The quantitative estimate of drug-likeness (QED) is 0.244. The number of ether oxygens (including phenoxy) is 1. The molecule has 0 unspecified atom stereocenters. The number of nitrogens with one attached hydrogen (secondary N) is 2. The van der Waals surface area contributed by atoms with Crippen LogP contribution >= 0.6 is 22.9 Å². The predicted octanol–water partition coefficient (Wildman–Crippen LogP) is 6.28. The van der Waals surface area contributed by atoms with E-state index in [4.69, 9.17) is 16.3 Å². The molecule has 0 spiro atoms. The normalized spacial score (nSPS) is 11.5. The lowest BCUT2D eigenvalue weighted by molar-refractivity contribution is 0.0981. The summed E-state index contributed by atoms with van der Waals surface area (Å²) in [6.07, 6.45) is 0.868. The van der Waals surface area contributed by atoms with Crippen LogP contribution in [0.25, 0.3) is 10.1 Å². The zero-order valence-electron chi connectivity index (χ0n) is 19.1. The summed E-state index contributed by atoms with van der Waals surface area (Å²) in [4.78, 5) is 26.9. The molecule has 0 bridgehead atoms. The molecule has 4 rings (SSSR count). The highest BCUT2D eigenvalue weighted by molar-refractivity contribution is 7.21. The van der Waals surface area contributed by atoms with Crippen molar-refractivity contribution in [3.8, 4) is 5.75 Å². The highest BCUT2D eigenvalue weighted by Crippen LogP contribution is 2.35. The minimum Gasteiger partial charge on any atom is -0.491 e. The Morgan fingerprint density at radius 2 is 1.79 bits per heavy atom. The molecule has 2 N–H and O–H groups in total. The lowest BCUT2D eigenvalue weighted by Crippen LogP contribution is -2.35. The van der Waals surface area contributed by atoms with E-state index in [1.807, 2.05) is 75.4 Å². The minimum absolute atomic E-state index is 0.163. The molecule has 0 aliphatic heterocycles. The van der Waals surface area contributed by atoms with Gasteiger partial charge in [-0.2, -0.15) is 4.99 Å². The van der Waals surface area contributed by atoms with Crippen molar-refractivity contribution in [1.29, 1.82) is 0 Å². The Labute approximate surface area is 206 Å². The van der Waals surface area contributed by atoms with Gasteiger partial charge >= 0.3 is 0 Å². The molecule has 0 fully saturated rings. The first-order chi connectivity index (χ1) is 16.4. The molecule has 0 aliphatic rings. The highest BCUT2D eigenvalue weighted by atomic mass is 35.5. The number of carbonyl (C=O) groups is 1. The third-order valence-corrected chi connectivity index (χ3v) is 6.43. The third kappa shape index (κ3) is 5.52. The van der Waals surface area contributed by atoms with Crippen molar-refractivity contribution < 1.29 is 9.53 Å². The van der Waals surface area contributed by atoms with E-state index in [-0.39, 0.29) is 17.8 Å². The number of para-hydroxylation sites is 2. The maximum Gasteiger partial charge on any atom is 0.269 e. The molecule has 2 aromatic carbocycles. The number of aryl methyl sites for hydroxylation is 2. The second-order valence-electron chi connectivity index (χ2n) is 7.58. The van der Waals surface area contributed by atoms with Gasteiger partial charge in [-0.25, -0.2) is 9.97 Å². The number of aliphatic imine (C=N–C) groups is 1. The number of carbonyl (C=O) groups excluding carboxylic acids is 1. The first-order valence-electron chi connectivity index (χ1n) is 10.8. The van der Waals surface area contributed by atoms with Crippen LogP contribution in [0, 0.1) is 13.8 Å². The lowest BCUT2D eigenvalue weighted by atomic mass is 10.2. The summed E-state index contributed by atoms with van der Waals surface area (Å²) in [5.74, 6) is 0.659. The van der Waals surface area contributed by atoms with Crippen LogP contribution in [0.5, 0.6) is 5.75 Å². The summed E-state index contributed by atoms with van der Waals surface area (Å²) < 4.78 is 6.77. The van der Waals surface area contributed by atoms with Crippen LogP contribution in [0.2, 0.25) is 5.02 Å². The number of hydrogen-bond donors (Lipinski definition) is 2. The van der Waals surface area contributed by atoms with Crippen LogP contribution in [0.1, 0.15) is 34.4 Å². The average molecular weight is 494 g/mol. The Morgan fingerprint density at radius 3 is 2.53 bits per heavy atom. The molecule has 0 saturated heterocycles. The first-order valence-corrected chi connectivity index (χ1v) is 12.0. The van der Waals surface area contributed by atoms with Crippen LogP contribution in [0.3, 0.4) is 0 Å². The molecule has 1 amide bonds. The fraction of sp³-hybridized carbons (Fsp3) is 0.200. The van der Waals surface area contributed by atoms with E-state index >= 15 is 0 Å². The Kier molecular flexibility index (Phi) is 7.40. The lowest BCUT2D eigenvalue weighted by Gasteiger charge is -2.15. The van der Waals surface area contributed by atoms with Gasteiger partial charge in [0.25, 0.3) is 11.9 Å². The van der Waals surface area contributed by atoms with Gasteiger partial charge in [0, 0.05) is 21.5 Å². The standard InChI is InChI=1S/C25H24ClN5O2S/c1-4-13-33-19-11-7-6-10-18(19)29-25(31-24-27-15(2)14-16(3)28-24)30-23(32)22-21(26)17-9-5-8-12-20(17)34-22/h5-12,14H,4,13H2,1-3H3,(H2,27,28,29,30,31,32). The van der Waals surface area contributed by atoms with E-state index in [0.717, 1.165) is 27.9 Å². The number of benzene rings is 2. The first kappa shape index (κ1) is 23.7. The van der Waals surface area contributed by atoms with Gasteiger partial charge in [0.05, 0.1) is 17.3 Å². The fourth-order valence-electron chi connectivity index (χ4n) is 3.30. The summed E-state index contributed by atoms with van der Waals surface area (Å²) in [6.45, 7) is 6.33. The van der Waals surface area contributed by atoms with Crippen LogP contribution in [0.4, 0.5) is 11.6 Å². The van der Waals surface area contributed by atoms with E-state index in [1.54, 1.807) is 0 Å². The van der Waals surface area contributed by atoms with E-state index in [2.05, 4.69) is 25.6 Å². The molecular formula is C25H24ClN5O2S. The number of amides is 1. The molecule has 2 heterocycles. The number of aromatic nitrogens is 2. The van der Waals surface area contributed by atoms with Gasteiger partial charge < -0.3 is 10.1 Å². The van der Waals surface area contributed by atoms with Crippen molar-refractivity contribution in [2.75, 3.05) is 11.9 Å². The van der Waals surface area contributed by atoms with Crippen LogP contribution in [-0.4, -0.2) is 28.4 Å². The summed E-state index contributed by atoms with van der Waals surface area (Å²) in [5, 5.41) is 7.26. The van der Waals surface area contributed by atoms with E-state index < -0.39 is 0 Å². The topological polar surface area (TPSA) is 88.5 Å². The summed E-state index contributed by atoms with van der Waals surface area (Å²) in [5.41, 5.74) is 2.20. The number of rotatable bonds is 6. The molecule has 0 radical (unpaired) electrons. The second-order valence-corrected chi connectivity index (χ2v) is 9.01. The number of thiophene rings is 1. The van der Waals surface area contributed by atoms with Gasteiger partial charge in [0.15, 0.2) is 0 Å². The van der Waals surface area contributed by atoms with Crippen molar-refractivity contribution >= 4 is 56.5 Å².